The molecule has 9 heteroatoms. The summed E-state index contributed by atoms with van der Waals surface area (Å²) in [6.45, 7) is 0.0597. The molecule has 0 spiro atoms. The zero-order chi connectivity index (χ0) is 14.8. The van der Waals surface area contributed by atoms with Crippen molar-refractivity contribution in [1.82, 2.24) is 9.71 Å². The summed E-state index contributed by atoms with van der Waals surface area (Å²) in [5.41, 5.74) is 2.05. The third-order valence-electron chi connectivity index (χ3n) is 2.41. The van der Waals surface area contributed by atoms with Crippen molar-refractivity contribution in [3.63, 3.8) is 0 Å². The molecule has 1 aromatic carbocycles. The molecule has 106 valence electrons. The van der Waals surface area contributed by atoms with Crippen LogP contribution in [0.1, 0.15) is 16.1 Å². The summed E-state index contributed by atoms with van der Waals surface area (Å²) < 4.78 is 26.4. The molecule has 0 aliphatic heterocycles. The maximum Gasteiger partial charge on any atom is 0.337 e. The van der Waals surface area contributed by atoms with Crippen LogP contribution in [0, 0.1) is 0 Å². The largest absolute Gasteiger partial charge is 0.478 e. The quantitative estimate of drug-likeness (QED) is 0.872. The average Bonchev–Trinajstić information content (AvgIpc) is 2.89. The van der Waals surface area contributed by atoms with E-state index in [-0.39, 0.29) is 22.0 Å². The lowest BCUT2D eigenvalue weighted by Crippen LogP contribution is -2.23. The summed E-state index contributed by atoms with van der Waals surface area (Å²) in [5, 5.41) is 10.4. The number of carboxylic acid groups (broad SMARTS) is 1. The lowest BCUT2D eigenvalue weighted by atomic mass is 10.2. The lowest BCUT2D eigenvalue weighted by Gasteiger charge is -2.07. The number of nitrogens with zero attached hydrogens (tertiary/aromatic N) is 1. The van der Waals surface area contributed by atoms with Crippen molar-refractivity contribution in [3.8, 4) is 0 Å². The zero-order valence-corrected chi connectivity index (χ0v) is 12.3. The number of carbonyl (C=O) groups is 1. The molecule has 0 radical (unpaired) electrons. The minimum atomic E-state index is -3.76. The van der Waals surface area contributed by atoms with Gasteiger partial charge < -0.3 is 5.11 Å². The molecule has 1 heterocycles. The molecule has 0 amide bonds. The van der Waals surface area contributed by atoms with Crippen molar-refractivity contribution in [2.45, 2.75) is 11.4 Å². The van der Waals surface area contributed by atoms with E-state index in [1.165, 1.54) is 17.4 Å². The normalized spacial score (nSPS) is 11.4. The fourth-order valence-corrected chi connectivity index (χ4v) is 3.32. The molecule has 20 heavy (non-hydrogen) atoms. The Morgan fingerprint density at radius 2 is 2.20 bits per heavy atom. The molecule has 0 bridgehead atoms. The maximum atomic E-state index is 12.0. The standard InChI is InChI=1S/C11H9ClN2O4S2/c12-10-3-8(1-2-9(10)11(15)16)20(17,18)14-4-7-5-19-6-13-7/h1-3,5-6,14H,4H2,(H,15,16). The molecular formula is C11H9ClN2O4S2. The number of sulfonamides is 1. The Bertz CT molecular complexity index is 729. The van der Waals surface area contributed by atoms with E-state index in [2.05, 4.69) is 9.71 Å². The first-order chi connectivity index (χ1) is 9.40. The molecule has 0 aliphatic carbocycles. The van der Waals surface area contributed by atoms with Crippen LogP contribution in [0.2, 0.25) is 5.02 Å². The van der Waals surface area contributed by atoms with Crippen LogP contribution in [0.25, 0.3) is 0 Å². The molecule has 0 saturated heterocycles. The first-order valence-corrected chi connectivity index (χ1v) is 8.10. The predicted octanol–water partition coefficient (Wildman–Crippen LogP) is 1.97. The number of hydrogen-bond acceptors (Lipinski definition) is 5. The van der Waals surface area contributed by atoms with Gasteiger partial charge >= 0.3 is 5.97 Å². The molecule has 0 aliphatic rings. The highest BCUT2D eigenvalue weighted by Gasteiger charge is 2.17. The van der Waals surface area contributed by atoms with Crippen LogP contribution >= 0.6 is 22.9 Å². The number of thiazole rings is 1. The predicted molar refractivity (Wildman–Crippen MR) is 74.6 cm³/mol. The van der Waals surface area contributed by atoms with Crippen LogP contribution in [-0.2, 0) is 16.6 Å². The minimum absolute atomic E-state index is 0.0597. The molecule has 6 nitrogen and oxygen atoms in total. The van der Waals surface area contributed by atoms with Crippen molar-refractivity contribution >= 4 is 38.9 Å². The van der Waals surface area contributed by atoms with Gasteiger partial charge in [-0.15, -0.1) is 11.3 Å². The Kier molecular flexibility index (Phi) is 4.39. The van der Waals surface area contributed by atoms with Crippen LogP contribution < -0.4 is 4.72 Å². The lowest BCUT2D eigenvalue weighted by molar-refractivity contribution is 0.0697. The third-order valence-corrected chi connectivity index (χ3v) is 4.75. The SMILES string of the molecule is O=C(O)c1ccc(S(=O)(=O)NCc2cscn2)cc1Cl. The van der Waals surface area contributed by atoms with E-state index in [9.17, 15) is 13.2 Å². The number of hydrogen-bond donors (Lipinski definition) is 2. The van der Waals surface area contributed by atoms with Crippen LogP contribution in [0.3, 0.4) is 0 Å². The fourth-order valence-electron chi connectivity index (χ4n) is 1.41. The van der Waals surface area contributed by atoms with Gasteiger partial charge in [0.1, 0.15) is 0 Å². The van der Waals surface area contributed by atoms with E-state index < -0.39 is 16.0 Å². The topological polar surface area (TPSA) is 96.4 Å². The molecule has 0 fully saturated rings. The maximum absolute atomic E-state index is 12.0. The Morgan fingerprint density at radius 1 is 1.45 bits per heavy atom. The molecule has 1 aromatic heterocycles. The van der Waals surface area contributed by atoms with Crippen LogP contribution in [0.5, 0.6) is 0 Å². The zero-order valence-electron chi connectivity index (χ0n) is 9.91. The van der Waals surface area contributed by atoms with Gasteiger partial charge in [-0.3, -0.25) is 0 Å². The molecule has 2 aromatic rings. The van der Waals surface area contributed by atoms with Gasteiger partial charge in [-0.05, 0) is 18.2 Å². The monoisotopic (exact) mass is 332 g/mol. The second-order valence-electron chi connectivity index (χ2n) is 3.75. The second-order valence-corrected chi connectivity index (χ2v) is 6.64. The van der Waals surface area contributed by atoms with Gasteiger partial charge in [0, 0.05) is 5.38 Å². The van der Waals surface area contributed by atoms with Gasteiger partial charge in [-0.2, -0.15) is 0 Å². The number of nitrogens with one attached hydrogen (secondary N) is 1. The minimum Gasteiger partial charge on any atom is -0.478 e. The summed E-state index contributed by atoms with van der Waals surface area (Å²) in [4.78, 5) is 14.7. The van der Waals surface area contributed by atoms with Gasteiger partial charge in [0.05, 0.1) is 33.2 Å². The summed E-state index contributed by atoms with van der Waals surface area (Å²) >= 11 is 7.11. The number of rotatable bonds is 5. The van der Waals surface area contributed by atoms with E-state index in [0.29, 0.717) is 5.69 Å². The van der Waals surface area contributed by atoms with Crippen molar-refractivity contribution in [2.75, 3.05) is 0 Å². The molecule has 2 rings (SSSR count). The first kappa shape index (κ1) is 14.9. The van der Waals surface area contributed by atoms with Gasteiger partial charge in [0.2, 0.25) is 10.0 Å². The van der Waals surface area contributed by atoms with Crippen LogP contribution in [-0.4, -0.2) is 24.5 Å². The number of aromatic nitrogens is 1. The van der Waals surface area contributed by atoms with E-state index in [1.54, 1.807) is 10.9 Å². The van der Waals surface area contributed by atoms with Gasteiger partial charge in [0.15, 0.2) is 0 Å². The van der Waals surface area contributed by atoms with E-state index in [1.807, 2.05) is 0 Å². The van der Waals surface area contributed by atoms with Crippen molar-refractivity contribution in [3.05, 3.63) is 45.4 Å². The van der Waals surface area contributed by atoms with E-state index >= 15 is 0 Å². The molecule has 0 saturated carbocycles. The summed E-state index contributed by atoms with van der Waals surface area (Å²) in [7, 11) is -3.76. The van der Waals surface area contributed by atoms with Gasteiger partial charge in [0.25, 0.3) is 0 Å². The molecule has 0 atom stereocenters. The fraction of sp³-hybridized carbons (Fsp3) is 0.0909. The number of benzene rings is 1. The second kappa shape index (κ2) is 5.88. The van der Waals surface area contributed by atoms with Gasteiger partial charge in [-0.25, -0.2) is 22.9 Å². The van der Waals surface area contributed by atoms with Crippen LogP contribution in [0.15, 0.2) is 34.0 Å². The molecule has 2 N–H and O–H groups in total. The first-order valence-electron chi connectivity index (χ1n) is 5.30. The third kappa shape index (κ3) is 3.34. The smallest absolute Gasteiger partial charge is 0.337 e. The van der Waals surface area contributed by atoms with E-state index in [4.69, 9.17) is 16.7 Å². The number of aromatic carboxylic acids is 1. The summed E-state index contributed by atoms with van der Waals surface area (Å²) in [6, 6.07) is 3.45. The molecular weight excluding hydrogens is 324 g/mol. The number of halogens is 1. The van der Waals surface area contributed by atoms with Gasteiger partial charge in [-0.1, -0.05) is 11.6 Å². The Balaban J connectivity index is 2.21. The van der Waals surface area contributed by atoms with Crippen LogP contribution in [0.4, 0.5) is 0 Å². The summed E-state index contributed by atoms with van der Waals surface area (Å²) in [5.74, 6) is -1.21. The highest BCUT2D eigenvalue weighted by Crippen LogP contribution is 2.21. The Morgan fingerprint density at radius 3 is 2.75 bits per heavy atom. The van der Waals surface area contributed by atoms with Crippen molar-refractivity contribution < 1.29 is 18.3 Å². The molecule has 0 unspecified atom stereocenters. The highest BCUT2D eigenvalue weighted by molar-refractivity contribution is 7.89. The Hall–Kier alpha value is -1.48. The summed E-state index contributed by atoms with van der Waals surface area (Å²) in [6.07, 6.45) is 0. The van der Waals surface area contributed by atoms with Crippen molar-refractivity contribution in [2.24, 2.45) is 0 Å². The average molecular weight is 333 g/mol. The van der Waals surface area contributed by atoms with E-state index in [0.717, 1.165) is 12.1 Å². The Labute approximate surface area is 124 Å². The van der Waals surface area contributed by atoms with Crippen molar-refractivity contribution in [1.29, 1.82) is 0 Å². The highest BCUT2D eigenvalue weighted by atomic mass is 35.5. The number of carboxylic acids is 1.